The third-order valence-electron chi connectivity index (χ3n) is 5.53. The predicted octanol–water partition coefficient (Wildman–Crippen LogP) is 6.26. The molecule has 1 heterocycles. The summed E-state index contributed by atoms with van der Waals surface area (Å²) in [7, 11) is -1.64. The van der Waals surface area contributed by atoms with Gasteiger partial charge in [0.05, 0.1) is 14.7 Å². The van der Waals surface area contributed by atoms with Gasteiger partial charge in [-0.3, -0.25) is 0 Å². The van der Waals surface area contributed by atoms with Crippen molar-refractivity contribution in [2.75, 3.05) is 6.61 Å². The van der Waals surface area contributed by atoms with E-state index in [1.807, 2.05) is 4.99 Å². The number of halogens is 1. The lowest BCUT2D eigenvalue weighted by Gasteiger charge is -2.41. The van der Waals surface area contributed by atoms with E-state index >= 15 is 0 Å². The summed E-state index contributed by atoms with van der Waals surface area (Å²) in [6, 6.07) is 10.7. The lowest BCUT2D eigenvalue weighted by atomic mass is 9.87. The van der Waals surface area contributed by atoms with Crippen LogP contribution in [0.4, 0.5) is 0 Å². The van der Waals surface area contributed by atoms with Crippen molar-refractivity contribution >= 4 is 24.0 Å². The van der Waals surface area contributed by atoms with Crippen molar-refractivity contribution in [3.05, 3.63) is 58.4 Å². The van der Waals surface area contributed by atoms with Crippen molar-refractivity contribution in [1.82, 2.24) is 0 Å². The van der Waals surface area contributed by atoms with Gasteiger partial charge in [-0.1, -0.05) is 85.3 Å². The Morgan fingerprint density at radius 2 is 1.86 bits per heavy atom. The Balaban J connectivity index is 2.42. The molecular formula is C19H27BrOSi. The molecule has 0 N–H and O–H groups in total. The molecule has 1 aromatic rings. The topological polar surface area (TPSA) is 9.23 Å². The molecule has 0 radical (unpaired) electrons. The van der Waals surface area contributed by atoms with E-state index in [1.54, 1.807) is 0 Å². The van der Waals surface area contributed by atoms with Gasteiger partial charge in [0.15, 0.2) is 0 Å². The van der Waals surface area contributed by atoms with Crippen molar-refractivity contribution < 1.29 is 4.74 Å². The molecule has 1 aromatic carbocycles. The number of allylic oxidation sites excluding steroid dienone is 1. The summed E-state index contributed by atoms with van der Waals surface area (Å²) in [5, 5.41) is 1.67. The summed E-state index contributed by atoms with van der Waals surface area (Å²) >= 11 is 3.49. The molecule has 0 saturated carbocycles. The zero-order chi connectivity index (χ0) is 16.5. The van der Waals surface area contributed by atoms with Crippen LogP contribution >= 0.6 is 15.9 Å². The molecule has 0 unspecified atom stereocenters. The lowest BCUT2D eigenvalue weighted by molar-refractivity contribution is 0.255. The number of ether oxygens (including phenoxy) is 1. The fraction of sp³-hybridized carbons (Fsp3) is 0.474. The van der Waals surface area contributed by atoms with Gasteiger partial charge in [-0.05, 0) is 10.6 Å². The van der Waals surface area contributed by atoms with E-state index < -0.39 is 8.07 Å². The fourth-order valence-corrected chi connectivity index (χ4v) is 5.44. The van der Waals surface area contributed by atoms with Crippen LogP contribution in [-0.4, -0.2) is 14.7 Å². The molecule has 1 saturated heterocycles. The van der Waals surface area contributed by atoms with Crippen LogP contribution in [0.2, 0.25) is 18.1 Å². The van der Waals surface area contributed by atoms with Crippen molar-refractivity contribution in [3.8, 4) is 0 Å². The van der Waals surface area contributed by atoms with Gasteiger partial charge >= 0.3 is 0 Å². The van der Waals surface area contributed by atoms with E-state index in [0.717, 1.165) is 12.4 Å². The van der Waals surface area contributed by atoms with Crippen LogP contribution in [0.25, 0.3) is 0 Å². The zero-order valence-corrected chi connectivity index (χ0v) is 16.9. The Morgan fingerprint density at radius 1 is 1.27 bits per heavy atom. The summed E-state index contributed by atoms with van der Waals surface area (Å²) in [6.45, 7) is 17.2. The maximum Gasteiger partial charge on any atom is 0.110 e. The van der Waals surface area contributed by atoms with Crippen molar-refractivity contribution in [2.45, 2.75) is 44.8 Å². The average molecular weight is 379 g/mol. The Hall–Kier alpha value is -0.803. The highest BCUT2D eigenvalue weighted by atomic mass is 79.9. The maximum absolute atomic E-state index is 5.99. The first kappa shape index (κ1) is 17.5. The SMILES string of the molecule is C=C([C@H]1/C(=C\Br)OC[C@@H]1c1ccccc1)[Si](C)(C)C(C)(C)C. The lowest BCUT2D eigenvalue weighted by Crippen LogP contribution is -2.42. The summed E-state index contributed by atoms with van der Waals surface area (Å²) in [6.07, 6.45) is 0. The van der Waals surface area contributed by atoms with Crippen molar-refractivity contribution in [1.29, 1.82) is 0 Å². The first-order valence-electron chi connectivity index (χ1n) is 7.87. The van der Waals surface area contributed by atoms with Crippen LogP contribution in [0.5, 0.6) is 0 Å². The third-order valence-corrected chi connectivity index (χ3v) is 11.6. The van der Waals surface area contributed by atoms with Gasteiger partial charge in [0.1, 0.15) is 5.76 Å². The Kier molecular flexibility index (Phi) is 5.08. The van der Waals surface area contributed by atoms with Crippen LogP contribution in [-0.2, 0) is 4.74 Å². The molecule has 1 nitrogen and oxygen atoms in total. The van der Waals surface area contributed by atoms with E-state index in [9.17, 15) is 0 Å². The second-order valence-corrected chi connectivity index (χ2v) is 13.6. The van der Waals surface area contributed by atoms with E-state index in [1.165, 1.54) is 10.8 Å². The molecule has 2 atom stereocenters. The molecule has 22 heavy (non-hydrogen) atoms. The first-order valence-corrected chi connectivity index (χ1v) is 11.8. The minimum atomic E-state index is -1.64. The van der Waals surface area contributed by atoms with Gasteiger partial charge in [0.25, 0.3) is 0 Å². The molecule has 0 spiro atoms. The summed E-state index contributed by atoms with van der Waals surface area (Å²) in [4.78, 5) is 1.94. The Labute approximate surface area is 144 Å². The molecular weight excluding hydrogens is 352 g/mol. The standard InChI is InChI=1S/C19H27BrOSi/c1-14(22(5,6)19(2,3)4)18-16(13-21-17(18)12-20)15-10-8-7-9-11-15/h7-12,16,18H,1,13H2,2-6H3/b17-12+/t16-,18-/m1/s1. The molecule has 0 bridgehead atoms. The smallest absolute Gasteiger partial charge is 0.110 e. The van der Waals surface area contributed by atoms with Gasteiger partial charge in [-0.15, -0.1) is 6.58 Å². The Morgan fingerprint density at radius 3 is 2.36 bits per heavy atom. The average Bonchev–Trinajstić information content (AvgIpc) is 2.89. The molecule has 1 aliphatic heterocycles. The summed E-state index contributed by atoms with van der Waals surface area (Å²) in [5.74, 6) is 1.68. The van der Waals surface area contributed by atoms with Crippen LogP contribution in [0.15, 0.2) is 52.9 Å². The first-order chi connectivity index (χ1) is 10.2. The summed E-state index contributed by atoms with van der Waals surface area (Å²) in [5.41, 5.74) is 1.34. The normalized spacial score (nSPS) is 24.4. The van der Waals surface area contributed by atoms with E-state index in [-0.39, 0.29) is 11.0 Å². The van der Waals surface area contributed by atoms with E-state index in [0.29, 0.717) is 5.92 Å². The third kappa shape index (κ3) is 3.11. The highest BCUT2D eigenvalue weighted by molar-refractivity contribution is 9.11. The van der Waals surface area contributed by atoms with Crippen LogP contribution in [0.1, 0.15) is 32.3 Å². The van der Waals surface area contributed by atoms with E-state index in [2.05, 4.69) is 86.7 Å². The van der Waals surface area contributed by atoms with Gasteiger partial charge in [0.2, 0.25) is 0 Å². The fourth-order valence-electron chi connectivity index (χ4n) is 2.94. The highest BCUT2D eigenvalue weighted by Crippen LogP contribution is 2.50. The van der Waals surface area contributed by atoms with Crippen molar-refractivity contribution in [2.24, 2.45) is 5.92 Å². The summed E-state index contributed by atoms with van der Waals surface area (Å²) < 4.78 is 5.99. The minimum Gasteiger partial charge on any atom is -0.496 e. The van der Waals surface area contributed by atoms with E-state index in [4.69, 9.17) is 4.74 Å². The molecule has 2 rings (SSSR count). The Bertz CT molecular complexity index is 569. The van der Waals surface area contributed by atoms with Crippen molar-refractivity contribution in [3.63, 3.8) is 0 Å². The minimum absolute atomic E-state index is 0.280. The molecule has 3 heteroatoms. The molecule has 1 fully saturated rings. The molecule has 1 aliphatic rings. The van der Waals surface area contributed by atoms with Gasteiger partial charge in [-0.25, -0.2) is 0 Å². The van der Waals surface area contributed by atoms with Gasteiger partial charge in [0, 0.05) is 16.8 Å². The van der Waals surface area contributed by atoms with Gasteiger partial charge in [-0.2, -0.15) is 0 Å². The molecule has 0 aliphatic carbocycles. The second-order valence-electron chi connectivity index (χ2n) is 7.72. The van der Waals surface area contributed by atoms with Gasteiger partial charge < -0.3 is 4.74 Å². The quantitative estimate of drug-likeness (QED) is 0.564. The number of rotatable bonds is 3. The largest absolute Gasteiger partial charge is 0.496 e. The number of benzene rings is 1. The molecule has 0 amide bonds. The predicted molar refractivity (Wildman–Crippen MR) is 102 cm³/mol. The molecule has 0 aromatic heterocycles. The highest BCUT2D eigenvalue weighted by Gasteiger charge is 2.46. The maximum atomic E-state index is 5.99. The van der Waals surface area contributed by atoms with Crippen LogP contribution in [0, 0.1) is 5.92 Å². The monoisotopic (exact) mass is 378 g/mol. The number of hydrogen-bond acceptors (Lipinski definition) is 1. The second kappa shape index (κ2) is 6.36. The van der Waals surface area contributed by atoms with Crippen LogP contribution < -0.4 is 0 Å². The number of hydrogen-bond donors (Lipinski definition) is 0. The zero-order valence-electron chi connectivity index (χ0n) is 14.3. The molecule has 120 valence electrons. The van der Waals surface area contributed by atoms with Crippen LogP contribution in [0.3, 0.4) is 0 Å².